The van der Waals surface area contributed by atoms with Gasteiger partial charge in [0.15, 0.2) is 11.5 Å². The van der Waals surface area contributed by atoms with Gasteiger partial charge in [0, 0.05) is 6.07 Å². The first-order chi connectivity index (χ1) is 14.2. The molecule has 0 N–H and O–H groups in total. The Hall–Kier alpha value is -3.80. The maximum absolute atomic E-state index is 13.4. The molecular weight excluding hydrogens is 366 g/mol. The van der Waals surface area contributed by atoms with E-state index >= 15 is 0 Å². The molecule has 29 heavy (non-hydrogen) atoms. The predicted molar refractivity (Wildman–Crippen MR) is 113 cm³/mol. The molecular formula is C23H19N3O3. The number of aromatic nitrogens is 3. The number of imidazole rings is 1. The fraction of sp³-hybridized carbons (Fsp3) is 0.130. The van der Waals surface area contributed by atoms with Gasteiger partial charge in [-0.1, -0.05) is 42.5 Å². The van der Waals surface area contributed by atoms with Crippen molar-refractivity contribution >= 4 is 27.7 Å². The third-order valence-corrected chi connectivity index (χ3v) is 5.19. The van der Waals surface area contributed by atoms with E-state index in [1.165, 1.54) is 0 Å². The molecule has 144 valence electrons. The summed E-state index contributed by atoms with van der Waals surface area (Å²) in [6.07, 6.45) is 0. The van der Waals surface area contributed by atoms with Crippen LogP contribution in [0.3, 0.4) is 0 Å². The Morgan fingerprint density at radius 1 is 0.862 bits per heavy atom. The molecule has 0 saturated carbocycles. The standard InChI is InChI=1S/C23H19N3O3/c1-28-20-12-16-17(13-21(20)29-2)24-23-25(14-15-8-4-3-5-9-15)18-10-6-7-11-19(18)26(23)22(16)27/h3-13H,14H2,1-2H3. The van der Waals surface area contributed by atoms with Crippen LogP contribution in [0.4, 0.5) is 0 Å². The molecule has 0 atom stereocenters. The largest absolute Gasteiger partial charge is 0.493 e. The molecule has 6 heteroatoms. The van der Waals surface area contributed by atoms with E-state index in [0.29, 0.717) is 34.7 Å². The van der Waals surface area contributed by atoms with Gasteiger partial charge in [-0.3, -0.25) is 4.79 Å². The normalized spacial score (nSPS) is 11.4. The second-order valence-corrected chi connectivity index (χ2v) is 6.84. The molecule has 2 heterocycles. The molecule has 0 radical (unpaired) electrons. The van der Waals surface area contributed by atoms with Gasteiger partial charge in [-0.2, -0.15) is 0 Å². The molecule has 0 saturated heterocycles. The first-order valence-electron chi connectivity index (χ1n) is 9.31. The molecule has 0 bridgehead atoms. The summed E-state index contributed by atoms with van der Waals surface area (Å²) in [5.41, 5.74) is 3.36. The zero-order chi connectivity index (χ0) is 20.0. The summed E-state index contributed by atoms with van der Waals surface area (Å²) in [4.78, 5) is 18.3. The van der Waals surface area contributed by atoms with Gasteiger partial charge in [-0.05, 0) is 23.8 Å². The lowest BCUT2D eigenvalue weighted by Gasteiger charge is -2.10. The van der Waals surface area contributed by atoms with Crippen LogP contribution < -0.4 is 15.0 Å². The van der Waals surface area contributed by atoms with E-state index < -0.39 is 0 Å². The van der Waals surface area contributed by atoms with Crippen molar-refractivity contribution in [2.45, 2.75) is 6.54 Å². The third-order valence-electron chi connectivity index (χ3n) is 5.19. The maximum atomic E-state index is 13.4. The smallest absolute Gasteiger partial charge is 0.267 e. The van der Waals surface area contributed by atoms with Gasteiger partial charge < -0.3 is 14.0 Å². The van der Waals surface area contributed by atoms with E-state index in [2.05, 4.69) is 16.7 Å². The minimum atomic E-state index is -0.131. The van der Waals surface area contributed by atoms with Crippen molar-refractivity contribution in [3.63, 3.8) is 0 Å². The Bertz CT molecular complexity index is 1420. The number of nitrogens with zero attached hydrogens (tertiary/aromatic N) is 3. The lowest BCUT2D eigenvalue weighted by Crippen LogP contribution is -2.16. The molecule has 5 aromatic rings. The van der Waals surface area contributed by atoms with Crippen LogP contribution in [0.25, 0.3) is 27.7 Å². The first kappa shape index (κ1) is 17.3. The van der Waals surface area contributed by atoms with Crippen LogP contribution in [0.2, 0.25) is 0 Å². The number of rotatable bonds is 4. The van der Waals surface area contributed by atoms with Crippen molar-refractivity contribution in [3.8, 4) is 11.5 Å². The van der Waals surface area contributed by atoms with Crippen LogP contribution >= 0.6 is 0 Å². The molecule has 6 nitrogen and oxygen atoms in total. The number of hydrogen-bond acceptors (Lipinski definition) is 4. The summed E-state index contributed by atoms with van der Waals surface area (Å²) in [6.45, 7) is 0.614. The fourth-order valence-electron chi connectivity index (χ4n) is 3.81. The molecule has 0 aliphatic heterocycles. The molecule has 3 aromatic carbocycles. The van der Waals surface area contributed by atoms with E-state index in [9.17, 15) is 4.79 Å². The summed E-state index contributed by atoms with van der Waals surface area (Å²) >= 11 is 0. The Morgan fingerprint density at radius 3 is 2.24 bits per heavy atom. The SMILES string of the molecule is COc1cc2nc3n(Cc4ccccc4)c4ccccc4n3c(=O)c2cc1OC. The molecule has 0 aliphatic carbocycles. The second kappa shape index (κ2) is 6.67. The Morgan fingerprint density at radius 2 is 1.52 bits per heavy atom. The van der Waals surface area contributed by atoms with Crippen LogP contribution in [0.15, 0.2) is 71.5 Å². The fourth-order valence-corrected chi connectivity index (χ4v) is 3.81. The van der Waals surface area contributed by atoms with Crippen LogP contribution in [-0.4, -0.2) is 28.2 Å². The highest BCUT2D eigenvalue weighted by Crippen LogP contribution is 2.31. The third kappa shape index (κ3) is 2.64. The van der Waals surface area contributed by atoms with Crippen molar-refractivity contribution in [1.82, 2.24) is 14.0 Å². The summed E-state index contributed by atoms with van der Waals surface area (Å²) in [7, 11) is 3.13. The lowest BCUT2D eigenvalue weighted by atomic mass is 10.2. The van der Waals surface area contributed by atoms with Crippen LogP contribution in [0.1, 0.15) is 5.56 Å². The number of methoxy groups -OCH3 is 2. The maximum Gasteiger partial charge on any atom is 0.267 e. The Kier molecular flexibility index (Phi) is 3.98. The second-order valence-electron chi connectivity index (χ2n) is 6.84. The zero-order valence-electron chi connectivity index (χ0n) is 16.1. The summed E-state index contributed by atoms with van der Waals surface area (Å²) in [6, 6.07) is 21.4. The minimum absolute atomic E-state index is 0.131. The van der Waals surface area contributed by atoms with Gasteiger partial charge in [-0.25, -0.2) is 9.38 Å². The van der Waals surface area contributed by atoms with Crippen LogP contribution in [0, 0.1) is 0 Å². The number of hydrogen-bond donors (Lipinski definition) is 0. The first-order valence-corrected chi connectivity index (χ1v) is 9.31. The van der Waals surface area contributed by atoms with E-state index in [1.54, 1.807) is 30.8 Å². The van der Waals surface area contributed by atoms with E-state index in [4.69, 9.17) is 14.5 Å². The van der Waals surface area contributed by atoms with E-state index in [0.717, 1.165) is 16.6 Å². The van der Waals surface area contributed by atoms with Gasteiger partial charge in [0.25, 0.3) is 5.56 Å². The molecule has 0 aliphatic rings. The molecule has 0 fully saturated rings. The lowest BCUT2D eigenvalue weighted by molar-refractivity contribution is 0.355. The Labute approximate surface area is 166 Å². The minimum Gasteiger partial charge on any atom is -0.493 e. The highest BCUT2D eigenvalue weighted by atomic mass is 16.5. The van der Waals surface area contributed by atoms with Crippen molar-refractivity contribution in [2.24, 2.45) is 0 Å². The van der Waals surface area contributed by atoms with E-state index in [-0.39, 0.29) is 5.56 Å². The highest BCUT2D eigenvalue weighted by molar-refractivity contribution is 5.87. The van der Waals surface area contributed by atoms with Crippen LogP contribution in [0.5, 0.6) is 11.5 Å². The molecule has 0 spiro atoms. The monoisotopic (exact) mass is 385 g/mol. The van der Waals surface area contributed by atoms with Crippen molar-refractivity contribution in [2.75, 3.05) is 14.2 Å². The van der Waals surface area contributed by atoms with Crippen molar-refractivity contribution in [3.05, 3.63) is 82.6 Å². The summed E-state index contributed by atoms with van der Waals surface area (Å²) in [5.74, 6) is 1.65. The van der Waals surface area contributed by atoms with Gasteiger partial charge in [0.05, 0.1) is 42.7 Å². The van der Waals surface area contributed by atoms with Crippen LogP contribution in [-0.2, 0) is 6.54 Å². The van der Waals surface area contributed by atoms with Gasteiger partial charge in [-0.15, -0.1) is 0 Å². The summed E-state index contributed by atoms with van der Waals surface area (Å²) < 4.78 is 14.5. The van der Waals surface area contributed by atoms with Gasteiger partial charge in [0.1, 0.15) is 0 Å². The molecule has 0 amide bonds. The molecule has 0 unspecified atom stereocenters. The topological polar surface area (TPSA) is 57.8 Å². The number of para-hydroxylation sites is 2. The van der Waals surface area contributed by atoms with Crippen molar-refractivity contribution in [1.29, 1.82) is 0 Å². The Balaban J connectivity index is 1.89. The highest BCUT2D eigenvalue weighted by Gasteiger charge is 2.18. The van der Waals surface area contributed by atoms with Gasteiger partial charge >= 0.3 is 0 Å². The number of ether oxygens (including phenoxy) is 2. The number of fused-ring (bicyclic) bond motifs is 4. The van der Waals surface area contributed by atoms with E-state index in [1.807, 2.05) is 42.5 Å². The zero-order valence-corrected chi connectivity index (χ0v) is 16.1. The number of benzene rings is 3. The summed E-state index contributed by atoms with van der Waals surface area (Å²) in [5, 5.41) is 0.489. The average Bonchev–Trinajstić information content (AvgIpc) is 3.07. The predicted octanol–water partition coefficient (Wildman–Crippen LogP) is 3.87. The molecule has 5 rings (SSSR count). The van der Waals surface area contributed by atoms with Gasteiger partial charge in [0.2, 0.25) is 5.78 Å². The van der Waals surface area contributed by atoms with Crippen molar-refractivity contribution < 1.29 is 9.47 Å². The quantitative estimate of drug-likeness (QED) is 0.471. The molecule has 2 aromatic heterocycles. The average molecular weight is 385 g/mol.